The first-order valence-electron chi connectivity index (χ1n) is 8.65. The van der Waals surface area contributed by atoms with E-state index in [0.29, 0.717) is 11.4 Å². The van der Waals surface area contributed by atoms with Crippen LogP contribution in [0.1, 0.15) is 48.1 Å². The van der Waals surface area contributed by atoms with Crippen LogP contribution in [0.15, 0.2) is 47.0 Å². The van der Waals surface area contributed by atoms with Crippen LogP contribution in [-0.4, -0.2) is 21.2 Å². The van der Waals surface area contributed by atoms with Crippen molar-refractivity contribution < 1.29 is 19.2 Å². The molecule has 0 bridgehead atoms. The van der Waals surface area contributed by atoms with E-state index in [1.807, 2.05) is 51.1 Å². The fourth-order valence-electron chi connectivity index (χ4n) is 2.59. The number of carbonyl (C=O) groups excluding carboxylic acids is 1. The number of ether oxygens (including phenoxy) is 1. The minimum atomic E-state index is -0.611. The predicted octanol–water partition coefficient (Wildman–Crippen LogP) is 4.41. The zero-order valence-electron chi connectivity index (χ0n) is 15.8. The SMILES string of the molecule is Cc1noc(-c2cc(C(C)(C)C)cc(C(=O)OCc3ccccc3)c2O)n1. The lowest BCUT2D eigenvalue weighted by atomic mass is 9.84. The van der Waals surface area contributed by atoms with Crippen LogP contribution in [0.2, 0.25) is 0 Å². The van der Waals surface area contributed by atoms with Crippen molar-refractivity contribution >= 4 is 5.97 Å². The van der Waals surface area contributed by atoms with Gasteiger partial charge in [-0.1, -0.05) is 56.3 Å². The highest BCUT2D eigenvalue weighted by Crippen LogP contribution is 2.37. The van der Waals surface area contributed by atoms with Gasteiger partial charge in [0.05, 0.1) is 5.56 Å². The summed E-state index contributed by atoms with van der Waals surface area (Å²) in [5, 5.41) is 14.4. The number of benzene rings is 2. The van der Waals surface area contributed by atoms with Crippen LogP contribution < -0.4 is 0 Å². The zero-order chi connectivity index (χ0) is 19.6. The molecule has 6 nitrogen and oxygen atoms in total. The van der Waals surface area contributed by atoms with Crippen LogP contribution in [0.4, 0.5) is 0 Å². The zero-order valence-corrected chi connectivity index (χ0v) is 15.8. The number of aromatic nitrogens is 2. The summed E-state index contributed by atoms with van der Waals surface area (Å²) in [6, 6.07) is 12.8. The Hall–Kier alpha value is -3.15. The van der Waals surface area contributed by atoms with Crippen molar-refractivity contribution in [1.29, 1.82) is 0 Å². The molecular weight excluding hydrogens is 344 g/mol. The lowest BCUT2D eigenvalue weighted by molar-refractivity contribution is 0.0469. The Morgan fingerprint density at radius 1 is 1.19 bits per heavy atom. The molecule has 0 saturated heterocycles. The van der Waals surface area contributed by atoms with Crippen molar-refractivity contribution in [1.82, 2.24) is 10.1 Å². The Balaban J connectivity index is 1.99. The lowest BCUT2D eigenvalue weighted by Gasteiger charge is -2.21. The molecule has 0 radical (unpaired) electrons. The average molecular weight is 366 g/mol. The van der Waals surface area contributed by atoms with Crippen LogP contribution in [0.25, 0.3) is 11.5 Å². The van der Waals surface area contributed by atoms with Crippen molar-refractivity contribution in [2.75, 3.05) is 0 Å². The summed E-state index contributed by atoms with van der Waals surface area (Å²) in [4.78, 5) is 16.8. The van der Waals surface area contributed by atoms with Gasteiger partial charge in [-0.05, 0) is 35.6 Å². The molecule has 6 heteroatoms. The molecule has 0 atom stereocenters. The molecule has 0 fully saturated rings. The molecule has 0 unspecified atom stereocenters. The molecular formula is C21H22N2O4. The number of aryl methyl sites for hydroxylation is 1. The van der Waals surface area contributed by atoms with Crippen molar-refractivity contribution in [3.63, 3.8) is 0 Å². The Kier molecular flexibility index (Phi) is 4.99. The first-order chi connectivity index (χ1) is 12.8. The van der Waals surface area contributed by atoms with Gasteiger partial charge < -0.3 is 14.4 Å². The van der Waals surface area contributed by atoms with Crippen molar-refractivity contribution in [2.45, 2.75) is 39.7 Å². The number of esters is 1. The van der Waals surface area contributed by atoms with E-state index in [1.165, 1.54) is 0 Å². The van der Waals surface area contributed by atoms with Crippen LogP contribution in [-0.2, 0) is 16.8 Å². The standard InChI is InChI=1S/C21H22N2O4/c1-13-22-19(27-23-13)16-10-15(21(2,3)4)11-17(18(16)24)20(25)26-12-14-8-6-5-7-9-14/h5-11,24H,12H2,1-4H3. The van der Waals surface area contributed by atoms with Gasteiger partial charge in [0.1, 0.15) is 17.9 Å². The van der Waals surface area contributed by atoms with Crippen molar-refractivity contribution in [3.05, 3.63) is 65.0 Å². The highest BCUT2D eigenvalue weighted by Gasteiger charge is 2.25. The maximum absolute atomic E-state index is 12.7. The van der Waals surface area contributed by atoms with Gasteiger partial charge in [0.25, 0.3) is 5.89 Å². The number of rotatable bonds is 4. The number of carbonyl (C=O) groups is 1. The second-order valence-electron chi connectivity index (χ2n) is 7.38. The van der Waals surface area contributed by atoms with Gasteiger partial charge in [-0.15, -0.1) is 0 Å². The summed E-state index contributed by atoms with van der Waals surface area (Å²) in [7, 11) is 0. The minimum Gasteiger partial charge on any atom is -0.506 e. The maximum atomic E-state index is 12.7. The summed E-state index contributed by atoms with van der Waals surface area (Å²) < 4.78 is 10.6. The van der Waals surface area contributed by atoms with E-state index in [1.54, 1.807) is 19.1 Å². The van der Waals surface area contributed by atoms with Crippen molar-refractivity contribution in [2.24, 2.45) is 0 Å². The van der Waals surface area contributed by atoms with E-state index >= 15 is 0 Å². The predicted molar refractivity (Wildman–Crippen MR) is 100 cm³/mol. The Labute approximate surface area is 157 Å². The molecule has 1 aromatic heterocycles. The number of hydrogen-bond acceptors (Lipinski definition) is 6. The first-order valence-corrected chi connectivity index (χ1v) is 8.65. The molecule has 27 heavy (non-hydrogen) atoms. The first kappa shape index (κ1) is 18.6. The third-order valence-corrected chi connectivity index (χ3v) is 4.17. The quantitative estimate of drug-likeness (QED) is 0.689. The molecule has 0 saturated carbocycles. The highest BCUT2D eigenvalue weighted by molar-refractivity contribution is 5.95. The number of nitrogens with zero attached hydrogens (tertiary/aromatic N) is 2. The molecule has 0 aliphatic carbocycles. The molecule has 0 amide bonds. The molecule has 0 spiro atoms. The fraction of sp³-hybridized carbons (Fsp3) is 0.286. The normalized spacial score (nSPS) is 11.4. The van der Waals surface area contributed by atoms with Crippen LogP contribution >= 0.6 is 0 Å². The monoisotopic (exact) mass is 366 g/mol. The molecule has 2 aromatic carbocycles. The van der Waals surface area contributed by atoms with E-state index in [2.05, 4.69) is 10.1 Å². The van der Waals surface area contributed by atoms with Gasteiger partial charge in [-0.25, -0.2) is 4.79 Å². The summed E-state index contributed by atoms with van der Waals surface area (Å²) in [5.41, 5.74) is 1.84. The van der Waals surface area contributed by atoms with Gasteiger partial charge in [-0.3, -0.25) is 0 Å². The summed E-state index contributed by atoms with van der Waals surface area (Å²) in [6.07, 6.45) is 0. The third-order valence-electron chi connectivity index (χ3n) is 4.17. The molecule has 1 N–H and O–H groups in total. The van der Waals surface area contributed by atoms with E-state index in [-0.39, 0.29) is 29.2 Å². The lowest BCUT2D eigenvalue weighted by Crippen LogP contribution is -2.14. The second-order valence-corrected chi connectivity index (χ2v) is 7.38. The largest absolute Gasteiger partial charge is 0.506 e. The van der Waals surface area contributed by atoms with Crippen LogP contribution in [0.5, 0.6) is 5.75 Å². The Morgan fingerprint density at radius 3 is 2.48 bits per heavy atom. The average Bonchev–Trinajstić information content (AvgIpc) is 3.06. The maximum Gasteiger partial charge on any atom is 0.342 e. The molecule has 140 valence electrons. The minimum absolute atomic E-state index is 0.0733. The summed E-state index contributed by atoms with van der Waals surface area (Å²) in [5.74, 6) is -0.239. The smallest absolute Gasteiger partial charge is 0.342 e. The van der Waals surface area contributed by atoms with E-state index in [4.69, 9.17) is 9.26 Å². The highest BCUT2D eigenvalue weighted by atomic mass is 16.5. The van der Waals surface area contributed by atoms with Crippen LogP contribution in [0.3, 0.4) is 0 Å². The third kappa shape index (κ3) is 4.16. The fourth-order valence-corrected chi connectivity index (χ4v) is 2.59. The van der Waals surface area contributed by atoms with Gasteiger partial charge in [0, 0.05) is 0 Å². The molecule has 0 aliphatic rings. The van der Waals surface area contributed by atoms with E-state index in [0.717, 1.165) is 11.1 Å². The molecule has 1 heterocycles. The molecule has 0 aliphatic heterocycles. The number of phenols is 1. The molecule has 3 aromatic rings. The van der Waals surface area contributed by atoms with Gasteiger partial charge in [0.2, 0.25) is 0 Å². The van der Waals surface area contributed by atoms with Crippen LogP contribution in [0, 0.1) is 6.92 Å². The number of hydrogen-bond donors (Lipinski definition) is 1. The summed E-state index contributed by atoms with van der Waals surface area (Å²) in [6.45, 7) is 7.85. The van der Waals surface area contributed by atoms with Gasteiger partial charge >= 0.3 is 5.97 Å². The Bertz CT molecular complexity index is 956. The van der Waals surface area contributed by atoms with E-state index < -0.39 is 5.97 Å². The topological polar surface area (TPSA) is 85.5 Å². The summed E-state index contributed by atoms with van der Waals surface area (Å²) >= 11 is 0. The Morgan fingerprint density at radius 2 is 1.89 bits per heavy atom. The number of aromatic hydroxyl groups is 1. The molecule has 3 rings (SSSR count). The number of phenolic OH excluding ortho intramolecular Hbond substituents is 1. The second kappa shape index (κ2) is 7.23. The van der Waals surface area contributed by atoms with Crippen molar-refractivity contribution in [3.8, 4) is 17.2 Å². The van der Waals surface area contributed by atoms with E-state index in [9.17, 15) is 9.90 Å². The van der Waals surface area contributed by atoms with Gasteiger partial charge in [-0.2, -0.15) is 4.98 Å². The van der Waals surface area contributed by atoms with Gasteiger partial charge in [0.15, 0.2) is 5.82 Å².